The molecule has 0 aliphatic heterocycles. The number of halogens is 4. The van der Waals surface area contributed by atoms with Crippen LogP contribution < -0.4 is 0 Å². The lowest BCUT2D eigenvalue weighted by Gasteiger charge is -2.31. The maximum atomic E-state index is 3.99. The van der Waals surface area contributed by atoms with E-state index in [4.69, 9.17) is 0 Å². The Morgan fingerprint density at radius 2 is 0.438 bits per heavy atom. The number of fused-ring (bicyclic) bond motifs is 8. The summed E-state index contributed by atoms with van der Waals surface area (Å²) in [5.74, 6) is 16.1. The average molecular weight is 1450 g/mol. The molecule has 2 aliphatic carbocycles. The van der Waals surface area contributed by atoms with Gasteiger partial charge in [-0.1, -0.05) is 107 Å². The first kappa shape index (κ1) is 62.3. The summed E-state index contributed by atoms with van der Waals surface area (Å²) >= 11 is 22.4. The zero-order valence-electron chi connectivity index (χ0n) is 48.9. The molecule has 0 spiro atoms. The van der Waals surface area contributed by atoms with E-state index in [0.717, 1.165) is 0 Å². The Balaban J connectivity index is 0.000000194. The molecular weight excluding hydrogens is 1380 g/mol. The van der Waals surface area contributed by atoms with E-state index >= 15 is 0 Å². The zero-order valence-corrected chi connectivity index (χ0v) is 62.5. The van der Waals surface area contributed by atoms with Gasteiger partial charge in [0, 0.05) is 18.8 Å². The Bertz CT molecular complexity index is 3170. The van der Waals surface area contributed by atoms with Gasteiger partial charge in [-0.25, -0.2) is 0 Å². The monoisotopic (exact) mass is 1450 g/mol. The van der Waals surface area contributed by atoms with E-state index in [1.807, 2.05) is 45.3 Å². The first-order chi connectivity index (χ1) is 38.5. The van der Waals surface area contributed by atoms with Crippen LogP contribution in [0, 0.1) is 45.9 Å². The van der Waals surface area contributed by atoms with Crippen molar-refractivity contribution >= 4 is 182 Å². The van der Waals surface area contributed by atoms with E-state index in [1.54, 1.807) is 0 Å². The fourth-order valence-corrected chi connectivity index (χ4v) is 28.9. The normalized spacial score (nSPS) is 16.7. The lowest BCUT2D eigenvalue weighted by atomic mass is 9.72. The molecule has 0 radical (unpaired) electrons. The van der Waals surface area contributed by atoms with Crippen LogP contribution in [-0.4, -0.2) is 32.3 Å². The van der Waals surface area contributed by atoms with Crippen molar-refractivity contribution < 1.29 is 0 Å². The molecular formula is C68H76Br4S4Si4. The Hall–Kier alpha value is -2.25. The molecule has 0 nitrogen and oxygen atoms in total. The van der Waals surface area contributed by atoms with Crippen LogP contribution >= 0.6 is 109 Å². The molecule has 0 saturated heterocycles. The summed E-state index contributed by atoms with van der Waals surface area (Å²) in [5, 5.41) is 5.23. The standard InChI is InChI=1S/2C34H38Br2S2Si2/c1-7-39(8-2,9-3)15-13-25-27-17-23-19-33(35)38-32(23)22-30(27)26(14-16-40(10-4,11-5)12-6)28-18-24-20-34(36)37-31(24)21-29(25)28;1-7-39(8-2,9-3)15-13-25-27-17-23-19-33(35)37-31(23)21-29(27)26(14-16-40(10-4,11-5)12-6)30-22-32-24(18-28(25)30)20-34(36)38-32/h2*17-22,25-26H,7-12H2,1-6H3. The van der Waals surface area contributed by atoms with Crippen LogP contribution in [0.1, 0.15) is 151 Å². The maximum Gasteiger partial charge on any atom is 0.137 e. The first-order valence-electron chi connectivity index (χ1n) is 29.5. The minimum atomic E-state index is -1.61. The van der Waals surface area contributed by atoms with Gasteiger partial charge in [0.15, 0.2) is 0 Å². The smallest absolute Gasteiger partial charge is 0.130 e. The molecule has 0 bridgehead atoms. The second-order valence-corrected chi connectivity index (χ2v) is 52.0. The number of thiophene rings is 4. The number of benzene rings is 4. The lowest BCUT2D eigenvalue weighted by Crippen LogP contribution is -2.30. The Morgan fingerprint density at radius 3 is 0.600 bits per heavy atom. The third-order valence-electron chi connectivity index (χ3n) is 19.3. The van der Waals surface area contributed by atoms with Gasteiger partial charge in [-0.2, -0.15) is 0 Å². The molecule has 2 unspecified atom stereocenters. The fraction of sp³-hybridized carbons (Fsp3) is 0.412. The fourth-order valence-electron chi connectivity index (χ4n) is 12.6. The average Bonchev–Trinajstić information content (AvgIpc) is 4.40. The van der Waals surface area contributed by atoms with Crippen LogP contribution in [0.4, 0.5) is 0 Å². The van der Waals surface area contributed by atoms with Crippen LogP contribution in [0.15, 0.2) is 87.9 Å². The van der Waals surface area contributed by atoms with Gasteiger partial charge in [-0.15, -0.1) is 67.5 Å². The van der Waals surface area contributed by atoms with E-state index in [1.165, 1.54) is 173 Å². The Morgan fingerprint density at radius 1 is 0.275 bits per heavy atom. The van der Waals surface area contributed by atoms with Crippen LogP contribution in [-0.2, 0) is 0 Å². The van der Waals surface area contributed by atoms with E-state index in [2.05, 4.69) is 265 Å². The number of hydrogen-bond acceptors (Lipinski definition) is 4. The van der Waals surface area contributed by atoms with Crippen LogP contribution in [0.3, 0.4) is 0 Å². The summed E-state index contributed by atoms with van der Waals surface area (Å²) in [6.45, 7) is 28.2. The van der Waals surface area contributed by atoms with E-state index in [9.17, 15) is 0 Å². The number of rotatable bonds is 12. The highest BCUT2D eigenvalue weighted by molar-refractivity contribution is 9.11. The third-order valence-corrected chi connectivity index (χ3v) is 44.6. The van der Waals surface area contributed by atoms with Crippen molar-refractivity contribution in [2.75, 3.05) is 0 Å². The van der Waals surface area contributed by atoms with Crippen molar-refractivity contribution in [2.45, 2.75) is 179 Å². The zero-order chi connectivity index (χ0) is 57.3. The number of hydrogen-bond donors (Lipinski definition) is 0. The van der Waals surface area contributed by atoms with Crippen molar-refractivity contribution in [1.82, 2.24) is 0 Å². The maximum absolute atomic E-state index is 3.99. The SMILES string of the molecule is CC[Si](C#CC1c2cc3cc(Br)sc3cc2C(C#C[Si](CC)(CC)CC)c2cc3cc(Br)sc3cc21)(CC)CC.CC[Si](C#CC1c2cc3cc(Br)sc3cc2C(C#C[Si](CC)(CC)CC)c2cc3sc(Br)cc3cc21)(CC)CC. The third kappa shape index (κ3) is 12.3. The molecule has 2 atom stereocenters. The highest BCUT2D eigenvalue weighted by atomic mass is 79.9. The van der Waals surface area contributed by atoms with Gasteiger partial charge in [0.1, 0.15) is 32.3 Å². The summed E-state index contributed by atoms with van der Waals surface area (Å²) in [6, 6.07) is 43.3. The first-order valence-corrected chi connectivity index (χ1v) is 46.4. The molecule has 416 valence electrons. The Kier molecular flexibility index (Phi) is 20.4. The van der Waals surface area contributed by atoms with Gasteiger partial charge in [-0.3, -0.25) is 0 Å². The molecule has 0 saturated carbocycles. The molecule has 8 aromatic rings. The van der Waals surface area contributed by atoms with E-state index in [-0.39, 0.29) is 23.7 Å². The predicted octanol–water partition coefficient (Wildman–Crippen LogP) is 24.6. The molecule has 4 heterocycles. The van der Waals surface area contributed by atoms with Gasteiger partial charge >= 0.3 is 0 Å². The lowest BCUT2D eigenvalue weighted by molar-refractivity contribution is 0.895. The van der Waals surface area contributed by atoms with Crippen molar-refractivity contribution in [3.05, 3.63) is 132 Å². The van der Waals surface area contributed by atoms with Crippen LogP contribution in [0.25, 0.3) is 40.3 Å². The second-order valence-electron chi connectivity index (χ2n) is 22.5. The van der Waals surface area contributed by atoms with Gasteiger partial charge in [0.2, 0.25) is 0 Å². The van der Waals surface area contributed by atoms with Gasteiger partial charge in [-0.05, 0) is 275 Å². The summed E-state index contributed by atoms with van der Waals surface area (Å²) in [7, 11) is -6.43. The molecule has 0 fully saturated rings. The van der Waals surface area contributed by atoms with Gasteiger partial charge in [0.05, 0.1) is 38.8 Å². The highest BCUT2D eigenvalue weighted by Gasteiger charge is 2.37. The molecule has 4 aromatic carbocycles. The van der Waals surface area contributed by atoms with Crippen molar-refractivity contribution in [3.63, 3.8) is 0 Å². The summed E-state index contributed by atoms with van der Waals surface area (Å²) in [4.78, 5) is 0. The summed E-state index contributed by atoms with van der Waals surface area (Å²) < 4.78 is 10.0. The van der Waals surface area contributed by atoms with Crippen molar-refractivity contribution in [3.8, 4) is 45.9 Å². The molecule has 2 aliphatic rings. The van der Waals surface area contributed by atoms with Gasteiger partial charge < -0.3 is 0 Å². The largest absolute Gasteiger partial charge is 0.137 e. The summed E-state index contributed by atoms with van der Waals surface area (Å²) in [5.41, 5.74) is 26.9. The highest BCUT2D eigenvalue weighted by Crippen LogP contribution is 2.51. The van der Waals surface area contributed by atoms with Gasteiger partial charge in [0.25, 0.3) is 0 Å². The predicted molar refractivity (Wildman–Crippen MR) is 385 cm³/mol. The summed E-state index contributed by atoms with van der Waals surface area (Å²) in [6.07, 6.45) is 0. The van der Waals surface area contributed by atoms with Crippen LogP contribution in [0.2, 0.25) is 72.5 Å². The minimum Gasteiger partial charge on any atom is -0.130 e. The minimum absolute atomic E-state index is 0.0799. The van der Waals surface area contributed by atoms with Crippen molar-refractivity contribution in [2.24, 2.45) is 0 Å². The molecule has 10 rings (SSSR count). The second kappa shape index (κ2) is 26.2. The van der Waals surface area contributed by atoms with E-state index in [0.29, 0.717) is 0 Å². The molecule has 80 heavy (non-hydrogen) atoms. The molecule has 4 aromatic heterocycles. The molecule has 0 amide bonds. The quantitative estimate of drug-likeness (QED) is 0.0845. The molecule has 0 N–H and O–H groups in total. The topological polar surface area (TPSA) is 0 Å². The van der Waals surface area contributed by atoms with E-state index < -0.39 is 32.3 Å². The van der Waals surface area contributed by atoms with Crippen molar-refractivity contribution in [1.29, 1.82) is 0 Å². The molecule has 12 heteroatoms. The van der Waals surface area contributed by atoms with Crippen LogP contribution in [0.5, 0.6) is 0 Å². The Labute approximate surface area is 533 Å².